The second kappa shape index (κ2) is 14.0. The number of carbonyl (C=O) groups is 4. The number of nitrogens with one attached hydrogen (secondary N) is 2. The molecule has 0 saturated carbocycles. The van der Waals surface area contributed by atoms with E-state index in [4.69, 9.17) is 30.5 Å². The third-order valence-corrected chi connectivity index (χ3v) is 9.47. The summed E-state index contributed by atoms with van der Waals surface area (Å²) in [5, 5.41) is 19.1. The molecule has 254 valence electrons. The number of nitrogens with two attached hydrogens (primary N) is 2. The number of piperidine rings is 1. The second-order valence-corrected chi connectivity index (χ2v) is 12.4. The van der Waals surface area contributed by atoms with E-state index in [1.165, 1.54) is 27.9 Å². The van der Waals surface area contributed by atoms with Gasteiger partial charge < -0.3 is 40.4 Å². The van der Waals surface area contributed by atoms with Crippen LogP contribution < -0.4 is 31.7 Å². The zero-order valence-electron chi connectivity index (χ0n) is 27.4. The average molecular weight is 646 g/mol. The molecule has 14 heteroatoms. The van der Waals surface area contributed by atoms with E-state index in [0.717, 1.165) is 11.1 Å². The SMILES string of the molecule is COc1ccc(C)c2c1O[C@H]1C(OC(=O)[C@H](C)OC(=O)[C@H](C)NC(=O)[C@H](CCCCN)NC(C)=O)=CC[C@@]3(O)[C@@H](C)N(N)CC[C@]213. The highest BCUT2D eigenvalue weighted by Crippen LogP contribution is 2.62. The molecule has 7 atom stereocenters. The van der Waals surface area contributed by atoms with Crippen molar-refractivity contribution in [2.75, 3.05) is 20.2 Å². The van der Waals surface area contributed by atoms with E-state index in [9.17, 15) is 24.3 Å². The zero-order valence-corrected chi connectivity index (χ0v) is 27.4. The lowest BCUT2D eigenvalue weighted by atomic mass is 9.54. The van der Waals surface area contributed by atoms with Crippen molar-refractivity contribution in [1.82, 2.24) is 15.6 Å². The van der Waals surface area contributed by atoms with Crippen molar-refractivity contribution in [2.24, 2.45) is 11.6 Å². The molecule has 1 fully saturated rings. The number of methoxy groups -OCH3 is 1. The average Bonchev–Trinajstić information content (AvgIpc) is 3.37. The van der Waals surface area contributed by atoms with Crippen molar-refractivity contribution < 1.29 is 43.2 Å². The number of carbonyl (C=O) groups excluding carboxylic acids is 4. The number of esters is 2. The lowest BCUT2D eigenvalue weighted by Crippen LogP contribution is -2.73. The first kappa shape index (κ1) is 35.1. The van der Waals surface area contributed by atoms with Gasteiger partial charge in [0.25, 0.3) is 0 Å². The topological polar surface area (TPSA) is 205 Å². The number of nitrogens with zero attached hydrogens (tertiary/aromatic N) is 1. The van der Waals surface area contributed by atoms with Gasteiger partial charge >= 0.3 is 11.9 Å². The van der Waals surface area contributed by atoms with Crippen LogP contribution in [0, 0.1) is 6.92 Å². The summed E-state index contributed by atoms with van der Waals surface area (Å²) in [5.41, 5.74) is 4.83. The Morgan fingerprint density at radius 2 is 1.89 bits per heavy atom. The minimum atomic E-state index is -1.37. The van der Waals surface area contributed by atoms with Crippen molar-refractivity contribution >= 4 is 23.8 Å². The van der Waals surface area contributed by atoms with Gasteiger partial charge in [0, 0.05) is 25.5 Å². The van der Waals surface area contributed by atoms with Crippen LogP contribution in [0.4, 0.5) is 0 Å². The monoisotopic (exact) mass is 645 g/mol. The van der Waals surface area contributed by atoms with Crippen molar-refractivity contribution in [1.29, 1.82) is 0 Å². The maximum absolute atomic E-state index is 13.3. The molecule has 1 spiro atoms. The predicted molar refractivity (Wildman–Crippen MR) is 166 cm³/mol. The Balaban J connectivity index is 1.49. The number of amides is 2. The molecule has 0 bridgehead atoms. The van der Waals surface area contributed by atoms with Crippen LogP contribution in [0.25, 0.3) is 0 Å². The number of fused-ring (bicyclic) bond motifs is 1. The smallest absolute Gasteiger partial charge is 0.352 e. The lowest BCUT2D eigenvalue weighted by Gasteiger charge is -2.58. The zero-order chi connectivity index (χ0) is 34.0. The highest BCUT2D eigenvalue weighted by molar-refractivity contribution is 5.90. The van der Waals surface area contributed by atoms with Gasteiger partial charge in [-0.3, -0.25) is 15.4 Å². The van der Waals surface area contributed by atoms with Crippen LogP contribution in [-0.4, -0.2) is 90.0 Å². The fourth-order valence-corrected chi connectivity index (χ4v) is 6.92. The number of benzene rings is 1. The first-order chi connectivity index (χ1) is 21.7. The molecule has 1 aromatic carbocycles. The lowest BCUT2D eigenvalue weighted by molar-refractivity contribution is -0.174. The molecule has 3 aliphatic rings. The van der Waals surface area contributed by atoms with Gasteiger partial charge in [0.2, 0.25) is 11.8 Å². The van der Waals surface area contributed by atoms with Crippen molar-refractivity contribution in [3.8, 4) is 11.5 Å². The van der Waals surface area contributed by atoms with E-state index in [0.29, 0.717) is 50.3 Å². The van der Waals surface area contributed by atoms with Gasteiger partial charge in [-0.15, -0.1) is 0 Å². The number of unbranched alkanes of at least 4 members (excludes halogenated alkanes) is 1. The Morgan fingerprint density at radius 1 is 1.17 bits per heavy atom. The maximum Gasteiger partial charge on any atom is 0.352 e. The molecule has 1 saturated heterocycles. The van der Waals surface area contributed by atoms with Gasteiger partial charge in [-0.25, -0.2) is 14.6 Å². The number of aryl methyl sites for hydroxylation is 1. The van der Waals surface area contributed by atoms with Crippen LogP contribution in [0.2, 0.25) is 0 Å². The van der Waals surface area contributed by atoms with E-state index in [-0.39, 0.29) is 18.1 Å². The van der Waals surface area contributed by atoms with Gasteiger partial charge in [0.15, 0.2) is 23.7 Å². The Bertz CT molecular complexity index is 1390. The number of hydrogen-bond acceptors (Lipinski definition) is 12. The van der Waals surface area contributed by atoms with Crippen molar-refractivity contribution in [2.45, 2.75) is 108 Å². The summed E-state index contributed by atoms with van der Waals surface area (Å²) < 4.78 is 23.3. The summed E-state index contributed by atoms with van der Waals surface area (Å²) in [4.78, 5) is 50.6. The van der Waals surface area contributed by atoms with Gasteiger partial charge in [-0.1, -0.05) is 6.07 Å². The summed E-state index contributed by atoms with van der Waals surface area (Å²) in [7, 11) is 1.53. The Kier molecular flexibility index (Phi) is 10.7. The first-order valence-corrected chi connectivity index (χ1v) is 15.7. The Labute approximate surface area is 269 Å². The second-order valence-electron chi connectivity index (χ2n) is 12.4. The fraction of sp³-hybridized carbons (Fsp3) is 0.625. The van der Waals surface area contributed by atoms with Gasteiger partial charge in [0.05, 0.1) is 24.2 Å². The van der Waals surface area contributed by atoms with Crippen LogP contribution in [0.15, 0.2) is 24.0 Å². The molecule has 2 amide bonds. The normalized spacial score (nSPS) is 26.9. The molecular formula is C32H47N5O9. The van der Waals surface area contributed by atoms with Gasteiger partial charge in [-0.05, 0) is 77.6 Å². The highest BCUT2D eigenvalue weighted by Gasteiger charge is 2.69. The molecule has 1 aliphatic carbocycles. The van der Waals surface area contributed by atoms with Crippen molar-refractivity contribution in [3.05, 3.63) is 35.1 Å². The fourth-order valence-electron chi connectivity index (χ4n) is 6.92. The first-order valence-electron chi connectivity index (χ1n) is 15.7. The summed E-state index contributed by atoms with van der Waals surface area (Å²) >= 11 is 0. The minimum absolute atomic E-state index is 0.123. The number of aliphatic hydroxyl groups is 1. The quantitative estimate of drug-likeness (QED) is 0.120. The summed E-state index contributed by atoms with van der Waals surface area (Å²) in [6, 6.07) is 1.27. The van der Waals surface area contributed by atoms with Gasteiger partial charge in [-0.2, -0.15) is 0 Å². The molecule has 0 aromatic heterocycles. The van der Waals surface area contributed by atoms with Crippen LogP contribution in [-0.2, 0) is 34.1 Å². The highest BCUT2D eigenvalue weighted by atomic mass is 16.6. The minimum Gasteiger partial charge on any atom is -0.493 e. The molecular weight excluding hydrogens is 598 g/mol. The number of rotatable bonds is 12. The van der Waals surface area contributed by atoms with E-state index in [1.54, 1.807) is 17.2 Å². The molecule has 7 N–H and O–H groups in total. The van der Waals surface area contributed by atoms with Crippen LogP contribution in [0.3, 0.4) is 0 Å². The number of hydrogen-bond donors (Lipinski definition) is 5. The molecule has 14 nitrogen and oxygen atoms in total. The summed E-state index contributed by atoms with van der Waals surface area (Å²) in [6.45, 7) is 8.77. The van der Waals surface area contributed by atoms with Crippen LogP contribution in [0.5, 0.6) is 11.5 Å². The number of hydrazine groups is 1. The van der Waals surface area contributed by atoms with Crippen molar-refractivity contribution in [3.63, 3.8) is 0 Å². The molecule has 0 unspecified atom stereocenters. The summed E-state index contributed by atoms with van der Waals surface area (Å²) in [6.07, 6.45) is 1.56. The maximum atomic E-state index is 13.3. The standard InChI is InChI=1S/C32H47N5O9/c1-17-10-11-23(43-6)26-25(17)31-14-16-37(34)20(4)32(31,42)13-12-24(27(31)46-26)45-30(41)19(3)44-29(40)18(2)35-28(39)22(36-21(5)38)9-7-8-15-33/h10-12,18-20,22,27,42H,7-9,13-16,33-34H2,1-6H3,(H,35,39)(H,36,38)/t18-,19-,20+,22-,27-,31-,32+/m0/s1. The molecule has 0 radical (unpaired) electrons. The Hall–Kier alpha value is -3.72. The molecule has 4 rings (SSSR count). The third-order valence-electron chi connectivity index (χ3n) is 9.47. The van der Waals surface area contributed by atoms with E-state index in [1.807, 2.05) is 19.9 Å². The van der Waals surface area contributed by atoms with E-state index >= 15 is 0 Å². The number of ether oxygens (including phenoxy) is 4. The Morgan fingerprint density at radius 3 is 2.54 bits per heavy atom. The largest absolute Gasteiger partial charge is 0.493 e. The molecule has 1 aromatic rings. The third kappa shape index (κ3) is 6.31. The van der Waals surface area contributed by atoms with Crippen LogP contribution in [0.1, 0.15) is 70.9 Å². The molecule has 2 heterocycles. The van der Waals surface area contributed by atoms with Crippen LogP contribution >= 0.6 is 0 Å². The summed E-state index contributed by atoms with van der Waals surface area (Å²) in [5.74, 6) is 4.77. The van der Waals surface area contributed by atoms with E-state index in [2.05, 4.69) is 10.6 Å². The van der Waals surface area contributed by atoms with E-state index < -0.39 is 59.2 Å². The molecule has 46 heavy (non-hydrogen) atoms. The predicted octanol–water partition coefficient (Wildman–Crippen LogP) is 0.602. The molecule has 2 aliphatic heterocycles. The van der Waals surface area contributed by atoms with Gasteiger partial charge in [0.1, 0.15) is 17.8 Å².